The number of halogens is 2. The zero-order chi connectivity index (χ0) is 32.4. The lowest BCUT2D eigenvalue weighted by Gasteiger charge is -2.28. The molecular formula is C34H38Cl2N6O4. The highest BCUT2D eigenvalue weighted by molar-refractivity contribution is 6.39. The summed E-state index contributed by atoms with van der Waals surface area (Å²) in [6, 6.07) is 15.0. The molecule has 242 valence electrons. The molecule has 0 radical (unpaired) electrons. The number of rotatable bonds is 9. The number of fused-ring (bicyclic) bond motifs is 1. The Bertz CT molecular complexity index is 1750. The maximum atomic E-state index is 13.5. The van der Waals surface area contributed by atoms with E-state index >= 15 is 0 Å². The molecule has 0 spiro atoms. The van der Waals surface area contributed by atoms with E-state index in [-0.39, 0.29) is 11.9 Å². The van der Waals surface area contributed by atoms with E-state index in [1.807, 2.05) is 54.0 Å². The highest BCUT2D eigenvalue weighted by Gasteiger charge is 2.26. The van der Waals surface area contributed by atoms with Crippen molar-refractivity contribution in [3.8, 4) is 28.3 Å². The van der Waals surface area contributed by atoms with Crippen LogP contribution in [0.2, 0.25) is 10.0 Å². The number of anilines is 1. The van der Waals surface area contributed by atoms with E-state index in [0.29, 0.717) is 82.7 Å². The summed E-state index contributed by atoms with van der Waals surface area (Å²) in [4.78, 5) is 25.2. The molecular weight excluding hydrogens is 627 g/mol. The Morgan fingerprint density at radius 1 is 1.09 bits per heavy atom. The molecule has 2 aromatic heterocycles. The van der Waals surface area contributed by atoms with Gasteiger partial charge in [-0.05, 0) is 32.5 Å². The first-order valence-electron chi connectivity index (χ1n) is 15.5. The quantitative estimate of drug-likeness (QED) is 0.217. The first-order valence-corrected chi connectivity index (χ1v) is 16.2. The number of aromatic nitrogens is 3. The van der Waals surface area contributed by atoms with E-state index in [2.05, 4.69) is 22.6 Å². The first-order chi connectivity index (χ1) is 22.3. The van der Waals surface area contributed by atoms with Gasteiger partial charge < -0.3 is 34.7 Å². The van der Waals surface area contributed by atoms with E-state index in [1.54, 1.807) is 13.2 Å². The van der Waals surface area contributed by atoms with Crippen molar-refractivity contribution in [2.45, 2.75) is 51.5 Å². The fourth-order valence-electron chi connectivity index (χ4n) is 6.17. The van der Waals surface area contributed by atoms with Gasteiger partial charge in [-0.3, -0.25) is 4.79 Å². The van der Waals surface area contributed by atoms with Gasteiger partial charge in [-0.25, -0.2) is 9.97 Å². The molecule has 2 atom stereocenters. The van der Waals surface area contributed by atoms with Crippen molar-refractivity contribution in [2.75, 3.05) is 39.2 Å². The second kappa shape index (κ2) is 14.1. The zero-order valence-electron chi connectivity index (χ0n) is 26.1. The molecule has 0 unspecified atom stereocenters. The third-order valence-electron chi connectivity index (χ3n) is 8.65. The van der Waals surface area contributed by atoms with Crippen molar-refractivity contribution in [3.63, 3.8) is 0 Å². The summed E-state index contributed by atoms with van der Waals surface area (Å²) in [5.41, 5.74) is 6.11. The Hall–Kier alpha value is -3.51. The molecule has 2 aliphatic heterocycles. The molecule has 46 heavy (non-hydrogen) atoms. The lowest BCUT2D eigenvalue weighted by atomic mass is 10.00. The minimum absolute atomic E-state index is 0.0599. The summed E-state index contributed by atoms with van der Waals surface area (Å²) < 4.78 is 13.0. The second-order valence-corrected chi connectivity index (χ2v) is 12.4. The monoisotopic (exact) mass is 664 g/mol. The molecule has 3 N–H and O–H groups in total. The van der Waals surface area contributed by atoms with Gasteiger partial charge in [0.25, 0.3) is 5.91 Å². The normalized spacial score (nSPS) is 18.3. The van der Waals surface area contributed by atoms with E-state index in [1.165, 1.54) is 0 Å². The van der Waals surface area contributed by atoms with Gasteiger partial charge in [0, 0.05) is 73.2 Å². The molecule has 2 aliphatic rings. The maximum Gasteiger partial charge on any atom is 0.291 e. The van der Waals surface area contributed by atoms with Crippen LogP contribution in [-0.2, 0) is 30.8 Å². The van der Waals surface area contributed by atoms with Crippen molar-refractivity contribution in [1.29, 1.82) is 0 Å². The van der Waals surface area contributed by atoms with Crippen LogP contribution < -0.4 is 15.4 Å². The standard InChI is InChI=1S/C34H38Cl2N6O4/c1-4-42-28-13-15-41(2)18-27(28)38-32(42)33(44)39-26-10-6-8-22(31(26)36)21-7-5-9-23(30(21)35)24-12-11-20(34(40-24)45-3)17-37-25-14-16-46-19-29(25)43/h5-12,25,29,37,43H,4,13-19H2,1-3H3,(H,39,44)/t25-,29-/m0/s1. The van der Waals surface area contributed by atoms with Crippen LogP contribution in [0, 0.1) is 0 Å². The molecule has 4 aromatic rings. The third-order valence-corrected chi connectivity index (χ3v) is 9.46. The van der Waals surface area contributed by atoms with Gasteiger partial charge in [0.1, 0.15) is 0 Å². The number of nitrogens with one attached hydrogen (secondary N) is 2. The van der Waals surface area contributed by atoms with Gasteiger partial charge >= 0.3 is 0 Å². The average molecular weight is 666 g/mol. The molecule has 12 heteroatoms. The van der Waals surface area contributed by atoms with Crippen LogP contribution in [0.4, 0.5) is 5.69 Å². The summed E-state index contributed by atoms with van der Waals surface area (Å²) >= 11 is 14.0. The van der Waals surface area contributed by atoms with E-state index in [0.717, 1.165) is 36.3 Å². The fourth-order valence-corrected chi connectivity index (χ4v) is 6.77. The number of hydrogen-bond donors (Lipinski definition) is 3. The van der Waals surface area contributed by atoms with Gasteiger partial charge in [0.05, 0.1) is 46.9 Å². The largest absolute Gasteiger partial charge is 0.481 e. The molecule has 1 saturated heterocycles. The average Bonchev–Trinajstić information content (AvgIpc) is 3.43. The van der Waals surface area contributed by atoms with Crippen molar-refractivity contribution < 1.29 is 19.4 Å². The minimum atomic E-state index is -0.556. The van der Waals surface area contributed by atoms with Gasteiger partial charge in [0.15, 0.2) is 5.82 Å². The summed E-state index contributed by atoms with van der Waals surface area (Å²) in [6.45, 7) is 5.74. The van der Waals surface area contributed by atoms with Gasteiger partial charge in [-0.15, -0.1) is 0 Å². The number of amides is 1. The molecule has 1 amide bonds. The number of carbonyl (C=O) groups is 1. The van der Waals surface area contributed by atoms with Crippen LogP contribution in [0.1, 0.15) is 40.9 Å². The highest BCUT2D eigenvalue weighted by atomic mass is 35.5. The number of aliphatic hydroxyl groups is 1. The number of pyridine rings is 1. The molecule has 2 aromatic carbocycles. The van der Waals surface area contributed by atoms with E-state index < -0.39 is 6.10 Å². The number of hydrogen-bond acceptors (Lipinski definition) is 8. The summed E-state index contributed by atoms with van der Waals surface area (Å²) in [5, 5.41) is 17.4. The smallest absolute Gasteiger partial charge is 0.291 e. The number of aliphatic hydroxyl groups excluding tert-OH is 1. The number of nitrogens with zero attached hydrogens (tertiary/aromatic N) is 4. The molecule has 4 heterocycles. The van der Waals surface area contributed by atoms with Crippen LogP contribution in [-0.4, -0.2) is 76.5 Å². The van der Waals surface area contributed by atoms with Crippen LogP contribution in [0.25, 0.3) is 22.4 Å². The van der Waals surface area contributed by atoms with Crippen molar-refractivity contribution in [3.05, 3.63) is 81.4 Å². The molecule has 0 aliphatic carbocycles. The van der Waals surface area contributed by atoms with Crippen LogP contribution >= 0.6 is 23.2 Å². The van der Waals surface area contributed by atoms with E-state index in [4.69, 9.17) is 42.6 Å². The van der Waals surface area contributed by atoms with Crippen LogP contribution in [0.3, 0.4) is 0 Å². The minimum Gasteiger partial charge on any atom is -0.481 e. The van der Waals surface area contributed by atoms with Crippen molar-refractivity contribution in [2.24, 2.45) is 0 Å². The summed E-state index contributed by atoms with van der Waals surface area (Å²) in [5.74, 6) is 0.538. The fraction of sp³-hybridized carbons (Fsp3) is 0.382. The Kier molecular flexibility index (Phi) is 9.93. The van der Waals surface area contributed by atoms with Gasteiger partial charge in [-0.1, -0.05) is 59.6 Å². The summed E-state index contributed by atoms with van der Waals surface area (Å²) in [6.07, 6.45) is 1.03. The molecule has 0 bridgehead atoms. The molecule has 0 saturated carbocycles. The predicted octanol–water partition coefficient (Wildman–Crippen LogP) is 5.43. The number of likely N-dealkylation sites (N-methyl/N-ethyl adjacent to an activating group) is 1. The summed E-state index contributed by atoms with van der Waals surface area (Å²) in [7, 11) is 3.64. The number of ether oxygens (including phenoxy) is 2. The molecule has 10 nitrogen and oxygen atoms in total. The second-order valence-electron chi connectivity index (χ2n) is 11.6. The first kappa shape index (κ1) is 32.4. The van der Waals surface area contributed by atoms with Crippen LogP contribution in [0.5, 0.6) is 5.88 Å². The van der Waals surface area contributed by atoms with Gasteiger partial charge in [0.2, 0.25) is 5.88 Å². The Morgan fingerprint density at radius 2 is 1.85 bits per heavy atom. The number of benzene rings is 2. The lowest BCUT2D eigenvalue weighted by Crippen LogP contribution is -2.46. The number of carbonyl (C=O) groups excluding carboxylic acids is 1. The van der Waals surface area contributed by atoms with E-state index in [9.17, 15) is 9.90 Å². The topological polar surface area (TPSA) is 114 Å². The Morgan fingerprint density at radius 3 is 2.61 bits per heavy atom. The Balaban J connectivity index is 1.25. The highest BCUT2D eigenvalue weighted by Crippen LogP contribution is 2.41. The lowest BCUT2D eigenvalue weighted by molar-refractivity contribution is -0.0281. The number of imidazole rings is 1. The molecule has 1 fully saturated rings. The third kappa shape index (κ3) is 6.51. The van der Waals surface area contributed by atoms with Crippen LogP contribution in [0.15, 0.2) is 48.5 Å². The predicted molar refractivity (Wildman–Crippen MR) is 180 cm³/mol. The number of methoxy groups -OCH3 is 1. The van der Waals surface area contributed by atoms with Gasteiger partial charge in [-0.2, -0.15) is 0 Å². The van der Waals surface area contributed by atoms with Crippen molar-refractivity contribution >= 4 is 34.8 Å². The Labute approximate surface area is 278 Å². The maximum absolute atomic E-state index is 13.5. The van der Waals surface area contributed by atoms with Crippen molar-refractivity contribution in [1.82, 2.24) is 24.8 Å². The SMILES string of the molecule is CCn1c(C(=O)Nc2cccc(-c3cccc(-c4ccc(CN[C@H]5CCOC[C@@H]5O)c(OC)n4)c3Cl)c2Cl)nc2c1CCN(C)C2. The zero-order valence-corrected chi connectivity index (χ0v) is 27.7. The molecule has 6 rings (SSSR count).